The van der Waals surface area contributed by atoms with Gasteiger partial charge in [0.05, 0.1) is 24.1 Å². The van der Waals surface area contributed by atoms with Crippen molar-refractivity contribution in [1.29, 1.82) is 0 Å². The smallest absolute Gasteiger partial charge is 0.248 e. The van der Waals surface area contributed by atoms with E-state index in [1.54, 1.807) is 17.9 Å². The second-order valence-corrected chi connectivity index (χ2v) is 3.76. The van der Waals surface area contributed by atoms with E-state index in [4.69, 9.17) is 5.73 Å². The minimum Gasteiger partial charge on any atom is -0.377 e. The second kappa shape index (κ2) is 4.82. The van der Waals surface area contributed by atoms with Crippen LogP contribution in [0.3, 0.4) is 0 Å². The fourth-order valence-corrected chi connectivity index (χ4v) is 1.47. The Kier molecular flexibility index (Phi) is 3.22. The third-order valence-electron chi connectivity index (χ3n) is 2.52. The molecule has 0 atom stereocenters. The molecule has 1 aromatic heterocycles. The number of rotatable bonds is 4. The molecule has 0 radical (unpaired) electrons. The molecule has 0 aliphatic heterocycles. The molecule has 2 rings (SSSR count). The van der Waals surface area contributed by atoms with Gasteiger partial charge in [-0.05, 0) is 18.2 Å². The summed E-state index contributed by atoms with van der Waals surface area (Å²) in [4.78, 5) is 11.0. The summed E-state index contributed by atoms with van der Waals surface area (Å²) < 4.78 is 15.1. The molecule has 0 fully saturated rings. The Bertz CT molecular complexity index is 581. The van der Waals surface area contributed by atoms with Gasteiger partial charge in [-0.2, -0.15) is 0 Å². The van der Waals surface area contributed by atoms with Gasteiger partial charge in [0.1, 0.15) is 5.82 Å². The predicted molar refractivity (Wildman–Crippen MR) is 63.2 cm³/mol. The Morgan fingerprint density at radius 1 is 1.56 bits per heavy atom. The van der Waals surface area contributed by atoms with Crippen molar-refractivity contribution in [3.8, 4) is 0 Å². The second-order valence-electron chi connectivity index (χ2n) is 3.76. The highest BCUT2D eigenvalue weighted by atomic mass is 19.1. The number of nitrogens with one attached hydrogen (secondary N) is 1. The zero-order valence-corrected chi connectivity index (χ0v) is 9.72. The van der Waals surface area contributed by atoms with Crippen LogP contribution in [0.4, 0.5) is 10.1 Å². The molecule has 6 nitrogen and oxygen atoms in total. The summed E-state index contributed by atoms with van der Waals surface area (Å²) in [7, 11) is 1.74. The molecule has 94 valence electrons. The van der Waals surface area contributed by atoms with Crippen molar-refractivity contribution < 1.29 is 9.18 Å². The lowest BCUT2D eigenvalue weighted by atomic mass is 10.2. The molecule has 0 spiro atoms. The lowest BCUT2D eigenvalue weighted by molar-refractivity contribution is 0.100. The number of anilines is 1. The summed E-state index contributed by atoms with van der Waals surface area (Å²) in [6.45, 7) is 0.350. The van der Waals surface area contributed by atoms with Gasteiger partial charge in [-0.3, -0.25) is 9.48 Å². The van der Waals surface area contributed by atoms with Crippen LogP contribution in [-0.4, -0.2) is 20.9 Å². The SMILES string of the molecule is Cn1nncc1CNc1cc(C(N)=O)ccc1F. The third kappa shape index (κ3) is 2.45. The quantitative estimate of drug-likeness (QED) is 0.833. The van der Waals surface area contributed by atoms with Gasteiger partial charge >= 0.3 is 0 Å². The first-order chi connectivity index (χ1) is 8.58. The zero-order chi connectivity index (χ0) is 13.1. The first kappa shape index (κ1) is 12.0. The highest BCUT2D eigenvalue weighted by Gasteiger charge is 2.07. The molecule has 0 saturated carbocycles. The van der Waals surface area contributed by atoms with Crippen molar-refractivity contribution in [3.63, 3.8) is 0 Å². The van der Waals surface area contributed by atoms with Crippen LogP contribution >= 0.6 is 0 Å². The number of carbonyl (C=O) groups is 1. The molecule has 0 unspecified atom stereocenters. The van der Waals surface area contributed by atoms with E-state index in [0.717, 1.165) is 5.69 Å². The van der Waals surface area contributed by atoms with Gasteiger partial charge in [0.25, 0.3) is 0 Å². The van der Waals surface area contributed by atoms with E-state index in [1.807, 2.05) is 0 Å². The average Bonchev–Trinajstić information content (AvgIpc) is 2.73. The number of hydrogen-bond acceptors (Lipinski definition) is 4. The summed E-state index contributed by atoms with van der Waals surface area (Å²) in [5.74, 6) is -1.05. The predicted octanol–water partition coefficient (Wildman–Crippen LogP) is 0.665. The van der Waals surface area contributed by atoms with Crippen LogP contribution in [0.1, 0.15) is 16.1 Å². The van der Waals surface area contributed by atoms with Crippen LogP contribution < -0.4 is 11.1 Å². The van der Waals surface area contributed by atoms with Crippen molar-refractivity contribution in [3.05, 3.63) is 41.5 Å². The minimum atomic E-state index is -0.597. The molecule has 3 N–H and O–H groups in total. The van der Waals surface area contributed by atoms with Gasteiger partial charge in [-0.25, -0.2) is 4.39 Å². The van der Waals surface area contributed by atoms with Crippen molar-refractivity contribution in [1.82, 2.24) is 15.0 Å². The number of carbonyl (C=O) groups excluding carboxylic acids is 1. The fraction of sp³-hybridized carbons (Fsp3) is 0.182. The summed E-state index contributed by atoms with van der Waals surface area (Å²) in [6, 6.07) is 3.92. The van der Waals surface area contributed by atoms with E-state index in [1.165, 1.54) is 18.2 Å². The number of hydrogen-bond donors (Lipinski definition) is 2. The van der Waals surface area contributed by atoms with E-state index in [2.05, 4.69) is 15.6 Å². The number of halogens is 1. The molecule has 1 amide bonds. The van der Waals surface area contributed by atoms with E-state index >= 15 is 0 Å². The van der Waals surface area contributed by atoms with Crippen molar-refractivity contribution in [2.45, 2.75) is 6.54 Å². The normalized spacial score (nSPS) is 10.3. The average molecular weight is 249 g/mol. The fourth-order valence-electron chi connectivity index (χ4n) is 1.47. The molecule has 2 aromatic rings. The van der Waals surface area contributed by atoms with Gasteiger partial charge in [-0.15, -0.1) is 5.10 Å². The largest absolute Gasteiger partial charge is 0.377 e. The number of primary amides is 1. The summed E-state index contributed by atoms with van der Waals surface area (Å²) in [5.41, 5.74) is 6.39. The Morgan fingerprint density at radius 2 is 2.33 bits per heavy atom. The van der Waals surface area contributed by atoms with Gasteiger partial charge < -0.3 is 11.1 Å². The Hall–Kier alpha value is -2.44. The zero-order valence-electron chi connectivity index (χ0n) is 9.72. The molecule has 0 saturated heterocycles. The number of amides is 1. The monoisotopic (exact) mass is 249 g/mol. The van der Waals surface area contributed by atoms with E-state index in [9.17, 15) is 9.18 Å². The highest BCUT2D eigenvalue weighted by molar-refractivity contribution is 5.93. The van der Waals surface area contributed by atoms with Gasteiger partial charge in [0.15, 0.2) is 0 Å². The number of aromatic nitrogens is 3. The van der Waals surface area contributed by atoms with Gasteiger partial charge in [0, 0.05) is 12.6 Å². The lowest BCUT2D eigenvalue weighted by Gasteiger charge is -2.08. The van der Waals surface area contributed by atoms with Crippen LogP contribution in [-0.2, 0) is 13.6 Å². The summed E-state index contributed by atoms with van der Waals surface area (Å²) in [5, 5.41) is 10.3. The van der Waals surface area contributed by atoms with Crippen LogP contribution in [0.25, 0.3) is 0 Å². The van der Waals surface area contributed by atoms with Crippen LogP contribution in [0, 0.1) is 5.82 Å². The van der Waals surface area contributed by atoms with Crippen LogP contribution in [0.5, 0.6) is 0 Å². The maximum absolute atomic E-state index is 13.5. The van der Waals surface area contributed by atoms with E-state index in [-0.39, 0.29) is 11.3 Å². The lowest BCUT2D eigenvalue weighted by Crippen LogP contribution is -2.12. The molecule has 0 aliphatic rings. The number of nitrogens with zero attached hydrogens (tertiary/aromatic N) is 3. The Labute approximate surface area is 103 Å². The van der Waals surface area contributed by atoms with E-state index in [0.29, 0.717) is 6.54 Å². The maximum atomic E-state index is 13.5. The minimum absolute atomic E-state index is 0.215. The van der Waals surface area contributed by atoms with Crippen LogP contribution in [0.15, 0.2) is 24.4 Å². The number of benzene rings is 1. The number of nitrogens with two attached hydrogens (primary N) is 1. The standard InChI is InChI=1S/C11H12FN5O/c1-17-8(6-15-16-17)5-14-10-4-7(11(13)18)2-3-9(10)12/h2-4,6,14H,5H2,1H3,(H2,13,18). The van der Waals surface area contributed by atoms with Crippen LogP contribution in [0.2, 0.25) is 0 Å². The molecular weight excluding hydrogens is 237 g/mol. The molecule has 1 aromatic carbocycles. The molecule has 1 heterocycles. The first-order valence-electron chi connectivity index (χ1n) is 5.24. The van der Waals surface area contributed by atoms with Crippen molar-refractivity contribution >= 4 is 11.6 Å². The van der Waals surface area contributed by atoms with Gasteiger partial charge in [0.2, 0.25) is 5.91 Å². The third-order valence-corrected chi connectivity index (χ3v) is 2.52. The molecule has 18 heavy (non-hydrogen) atoms. The summed E-state index contributed by atoms with van der Waals surface area (Å²) >= 11 is 0. The Morgan fingerprint density at radius 3 is 2.94 bits per heavy atom. The van der Waals surface area contributed by atoms with Gasteiger partial charge in [-0.1, -0.05) is 5.21 Å². The molecule has 7 heteroatoms. The Balaban J connectivity index is 2.16. The molecule has 0 bridgehead atoms. The number of aryl methyl sites for hydroxylation is 1. The summed E-state index contributed by atoms with van der Waals surface area (Å²) in [6.07, 6.45) is 1.57. The molecule has 0 aliphatic carbocycles. The van der Waals surface area contributed by atoms with Crippen molar-refractivity contribution in [2.75, 3.05) is 5.32 Å². The van der Waals surface area contributed by atoms with E-state index < -0.39 is 11.7 Å². The molecular formula is C11H12FN5O. The maximum Gasteiger partial charge on any atom is 0.248 e. The topological polar surface area (TPSA) is 85.8 Å². The highest BCUT2D eigenvalue weighted by Crippen LogP contribution is 2.16. The first-order valence-corrected chi connectivity index (χ1v) is 5.24. The van der Waals surface area contributed by atoms with Crippen molar-refractivity contribution in [2.24, 2.45) is 12.8 Å².